The fourth-order valence-corrected chi connectivity index (χ4v) is 4.33. The first kappa shape index (κ1) is 20.7. The standard InChI is InChI=1S/C24H16N4O4S/c25-21-18(13-17-9-10-19(32-17)15-7-4-8-16(12-15)23(30)31)22(29)26-24-28(21)27-20(33-24)11-14-5-2-1-3-6-14/h1-10,12-13,25H,11H2,(H,30,31)/b18-13-,25-21?. The molecule has 8 nitrogen and oxygen atoms in total. The topological polar surface area (TPSA) is 119 Å². The number of rotatable bonds is 5. The molecule has 0 fully saturated rings. The average Bonchev–Trinajstić information content (AvgIpc) is 3.44. The van der Waals surface area contributed by atoms with Crippen LogP contribution in [0.5, 0.6) is 0 Å². The van der Waals surface area contributed by atoms with Gasteiger partial charge in [0, 0.05) is 12.0 Å². The van der Waals surface area contributed by atoms with Crippen LogP contribution in [0.2, 0.25) is 0 Å². The third-order valence-corrected chi connectivity index (χ3v) is 5.91. The van der Waals surface area contributed by atoms with E-state index in [1.807, 2.05) is 30.3 Å². The highest BCUT2D eigenvalue weighted by Crippen LogP contribution is 2.30. The van der Waals surface area contributed by atoms with Gasteiger partial charge in [-0.1, -0.05) is 42.5 Å². The summed E-state index contributed by atoms with van der Waals surface area (Å²) in [5.74, 6) is -0.856. The van der Waals surface area contributed by atoms with Crippen LogP contribution >= 0.6 is 11.8 Å². The maximum Gasteiger partial charge on any atom is 0.335 e. The molecule has 9 heteroatoms. The van der Waals surface area contributed by atoms with E-state index < -0.39 is 11.9 Å². The maximum atomic E-state index is 12.6. The van der Waals surface area contributed by atoms with E-state index in [0.29, 0.717) is 28.7 Å². The molecule has 2 aliphatic heterocycles. The number of amides is 1. The molecule has 3 heterocycles. The summed E-state index contributed by atoms with van der Waals surface area (Å²) in [4.78, 5) is 27.9. The lowest BCUT2D eigenvalue weighted by Crippen LogP contribution is -2.35. The van der Waals surface area contributed by atoms with E-state index in [9.17, 15) is 14.7 Å². The van der Waals surface area contributed by atoms with E-state index in [-0.39, 0.29) is 17.0 Å². The van der Waals surface area contributed by atoms with Gasteiger partial charge in [-0.2, -0.15) is 15.1 Å². The summed E-state index contributed by atoms with van der Waals surface area (Å²) in [5, 5.41) is 24.6. The number of nitrogens with one attached hydrogen (secondary N) is 1. The van der Waals surface area contributed by atoms with Gasteiger partial charge in [0.1, 0.15) is 16.6 Å². The van der Waals surface area contributed by atoms with E-state index >= 15 is 0 Å². The number of aliphatic imine (C=N–C) groups is 1. The van der Waals surface area contributed by atoms with Crippen LogP contribution in [0.15, 0.2) is 86.8 Å². The number of fused-ring (bicyclic) bond motifs is 1. The van der Waals surface area contributed by atoms with Crippen molar-refractivity contribution in [1.82, 2.24) is 5.01 Å². The zero-order valence-corrected chi connectivity index (χ0v) is 17.9. The summed E-state index contributed by atoms with van der Waals surface area (Å²) in [6, 6.07) is 19.5. The molecule has 0 unspecified atom stereocenters. The number of hydrogen-bond donors (Lipinski definition) is 2. The highest BCUT2D eigenvalue weighted by atomic mass is 32.2. The minimum atomic E-state index is -1.03. The van der Waals surface area contributed by atoms with Gasteiger partial charge < -0.3 is 9.52 Å². The second-order valence-corrected chi connectivity index (χ2v) is 8.30. The van der Waals surface area contributed by atoms with Crippen LogP contribution in [0.4, 0.5) is 0 Å². The van der Waals surface area contributed by atoms with Crippen LogP contribution in [0.3, 0.4) is 0 Å². The fourth-order valence-electron chi connectivity index (χ4n) is 3.41. The summed E-state index contributed by atoms with van der Waals surface area (Å²) in [6.07, 6.45) is 2.03. The molecule has 2 aliphatic rings. The Balaban J connectivity index is 1.39. The van der Waals surface area contributed by atoms with E-state index in [1.54, 1.807) is 24.3 Å². The highest BCUT2D eigenvalue weighted by molar-refractivity contribution is 8.26. The van der Waals surface area contributed by atoms with Crippen LogP contribution in [-0.2, 0) is 11.2 Å². The summed E-state index contributed by atoms with van der Waals surface area (Å²) in [7, 11) is 0. The van der Waals surface area contributed by atoms with Gasteiger partial charge in [-0.3, -0.25) is 10.2 Å². The number of nitrogens with zero attached hydrogens (tertiary/aromatic N) is 3. The molecule has 1 aromatic heterocycles. The molecule has 0 spiro atoms. The number of carboxylic acid groups (broad SMARTS) is 1. The third kappa shape index (κ3) is 4.13. The molecule has 1 amide bonds. The molecular weight excluding hydrogens is 440 g/mol. The smallest absolute Gasteiger partial charge is 0.335 e. The Morgan fingerprint density at radius 3 is 2.73 bits per heavy atom. The second kappa shape index (κ2) is 8.36. The Hall–Kier alpha value is -4.24. The Kier molecular flexibility index (Phi) is 5.23. The van der Waals surface area contributed by atoms with Gasteiger partial charge in [0.15, 0.2) is 5.84 Å². The second-order valence-electron chi connectivity index (χ2n) is 7.26. The maximum absolute atomic E-state index is 12.6. The lowest BCUT2D eigenvalue weighted by molar-refractivity contribution is -0.114. The van der Waals surface area contributed by atoms with Gasteiger partial charge in [-0.15, -0.1) is 0 Å². The SMILES string of the molecule is N=C1/C(=C/c2ccc(-c3cccc(C(=O)O)c3)o2)C(=O)N=C2SC(Cc3ccccc3)=NN12. The minimum Gasteiger partial charge on any atom is -0.478 e. The van der Waals surface area contributed by atoms with Crippen LogP contribution in [0.1, 0.15) is 21.7 Å². The number of amidine groups is 2. The minimum absolute atomic E-state index is 0.0595. The number of thioether (sulfide) groups is 1. The molecule has 2 aromatic carbocycles. The molecule has 5 rings (SSSR count). The lowest BCUT2D eigenvalue weighted by Gasteiger charge is -2.19. The summed E-state index contributed by atoms with van der Waals surface area (Å²) in [6.45, 7) is 0. The van der Waals surface area contributed by atoms with Gasteiger partial charge in [-0.05, 0) is 47.7 Å². The van der Waals surface area contributed by atoms with Gasteiger partial charge >= 0.3 is 5.97 Å². The molecule has 0 bridgehead atoms. The molecule has 2 N–H and O–H groups in total. The molecule has 162 valence electrons. The van der Waals surface area contributed by atoms with Crippen molar-refractivity contribution in [3.63, 3.8) is 0 Å². The van der Waals surface area contributed by atoms with Crippen molar-refractivity contribution < 1.29 is 19.1 Å². The number of hydrazone groups is 1. The molecule has 0 radical (unpaired) electrons. The number of carboxylic acids is 1. The van der Waals surface area contributed by atoms with Gasteiger partial charge in [0.25, 0.3) is 5.91 Å². The summed E-state index contributed by atoms with van der Waals surface area (Å²) in [5.41, 5.74) is 1.87. The van der Waals surface area contributed by atoms with E-state index in [0.717, 1.165) is 10.6 Å². The van der Waals surface area contributed by atoms with Crippen LogP contribution in [0, 0.1) is 5.41 Å². The Bertz CT molecular complexity index is 1390. The molecule has 0 atom stereocenters. The van der Waals surface area contributed by atoms with Gasteiger partial charge in [-0.25, -0.2) is 4.79 Å². The molecule has 33 heavy (non-hydrogen) atoms. The Morgan fingerprint density at radius 1 is 1.12 bits per heavy atom. The molecule has 3 aromatic rings. The van der Waals surface area contributed by atoms with E-state index in [4.69, 9.17) is 9.83 Å². The van der Waals surface area contributed by atoms with Gasteiger partial charge in [0.05, 0.1) is 11.1 Å². The quantitative estimate of drug-likeness (QED) is 0.545. The number of carbonyl (C=O) groups is 2. The predicted octanol–water partition coefficient (Wildman–Crippen LogP) is 4.51. The average molecular weight is 456 g/mol. The monoisotopic (exact) mass is 456 g/mol. The lowest BCUT2D eigenvalue weighted by atomic mass is 10.1. The fraction of sp³-hybridized carbons (Fsp3) is 0.0417. The molecule has 0 aliphatic carbocycles. The number of hydrogen-bond acceptors (Lipinski definition) is 6. The van der Waals surface area contributed by atoms with Crippen molar-refractivity contribution in [2.45, 2.75) is 6.42 Å². The van der Waals surface area contributed by atoms with Crippen LogP contribution < -0.4 is 0 Å². The van der Waals surface area contributed by atoms with Crippen molar-refractivity contribution in [1.29, 1.82) is 5.41 Å². The van der Waals surface area contributed by atoms with Crippen molar-refractivity contribution in [3.8, 4) is 11.3 Å². The Labute approximate surface area is 192 Å². The molecule has 0 saturated carbocycles. The molecule has 0 saturated heterocycles. The normalized spacial score (nSPS) is 16.6. The third-order valence-electron chi connectivity index (χ3n) is 5.00. The zero-order valence-electron chi connectivity index (χ0n) is 17.1. The summed E-state index contributed by atoms with van der Waals surface area (Å²) < 4.78 is 5.79. The number of benzene rings is 2. The van der Waals surface area contributed by atoms with Crippen LogP contribution in [-0.4, -0.2) is 38.0 Å². The first-order valence-corrected chi connectivity index (χ1v) is 10.8. The Morgan fingerprint density at radius 2 is 1.94 bits per heavy atom. The number of aromatic carboxylic acids is 1. The number of carbonyl (C=O) groups excluding carboxylic acids is 1. The molecular formula is C24H16N4O4S. The van der Waals surface area contributed by atoms with Crippen LogP contribution in [0.25, 0.3) is 17.4 Å². The summed E-state index contributed by atoms with van der Waals surface area (Å²) >= 11 is 1.28. The van der Waals surface area contributed by atoms with Crippen molar-refractivity contribution in [2.24, 2.45) is 10.1 Å². The number of furan rings is 1. The van der Waals surface area contributed by atoms with E-state index in [1.165, 1.54) is 35.0 Å². The van der Waals surface area contributed by atoms with E-state index in [2.05, 4.69) is 10.1 Å². The van der Waals surface area contributed by atoms with Crippen molar-refractivity contribution in [3.05, 3.63) is 89.2 Å². The predicted molar refractivity (Wildman–Crippen MR) is 126 cm³/mol. The first-order valence-electron chi connectivity index (χ1n) is 9.94. The highest BCUT2D eigenvalue weighted by Gasteiger charge is 2.35. The largest absolute Gasteiger partial charge is 0.478 e. The zero-order chi connectivity index (χ0) is 22.9. The van der Waals surface area contributed by atoms with Gasteiger partial charge in [0.2, 0.25) is 5.17 Å². The van der Waals surface area contributed by atoms with Crippen molar-refractivity contribution in [2.75, 3.05) is 0 Å². The van der Waals surface area contributed by atoms with Crippen molar-refractivity contribution >= 4 is 45.8 Å². The first-order chi connectivity index (χ1) is 16.0.